The van der Waals surface area contributed by atoms with E-state index in [-0.39, 0.29) is 0 Å². The molecule has 0 unspecified atom stereocenters. The van der Waals surface area contributed by atoms with Gasteiger partial charge in [0, 0.05) is 20.9 Å². The first-order valence-electron chi connectivity index (χ1n) is 9.02. The van der Waals surface area contributed by atoms with Crippen LogP contribution in [0.3, 0.4) is 0 Å². The zero-order valence-corrected chi connectivity index (χ0v) is 16.5. The lowest BCUT2D eigenvalue weighted by Crippen LogP contribution is -1.94. The maximum Gasteiger partial charge on any atom is 0.188 e. The number of hydrogen-bond donors (Lipinski definition) is 0. The minimum absolute atomic E-state index is 0.631. The summed E-state index contributed by atoms with van der Waals surface area (Å²) in [6.45, 7) is 7.34. The molecular weight excluding hydrogens is 408 g/mol. The fourth-order valence-electron chi connectivity index (χ4n) is 3.83. The normalized spacial score (nSPS) is 11.0. The molecule has 132 valence electrons. The van der Waals surface area contributed by atoms with E-state index in [1.165, 1.54) is 21.8 Å². The van der Waals surface area contributed by atoms with E-state index < -0.39 is 0 Å². The third kappa shape index (κ3) is 2.70. The first kappa shape index (κ1) is 16.8. The zero-order chi connectivity index (χ0) is 19.1. The van der Waals surface area contributed by atoms with Crippen LogP contribution in [0.25, 0.3) is 43.5 Å². The van der Waals surface area contributed by atoms with Crippen LogP contribution in [0.2, 0.25) is 0 Å². The van der Waals surface area contributed by atoms with Crippen molar-refractivity contribution in [3.63, 3.8) is 0 Å². The van der Waals surface area contributed by atoms with Gasteiger partial charge in [0.1, 0.15) is 0 Å². The lowest BCUT2D eigenvalue weighted by atomic mass is 10.0. The van der Waals surface area contributed by atoms with Gasteiger partial charge in [-0.1, -0.05) is 64.5 Å². The van der Waals surface area contributed by atoms with Crippen molar-refractivity contribution in [1.29, 1.82) is 0 Å². The summed E-state index contributed by atoms with van der Waals surface area (Å²) in [5.74, 6) is 0. The quantitative estimate of drug-likeness (QED) is 0.257. The summed E-state index contributed by atoms with van der Waals surface area (Å²) in [6.07, 6.45) is 0. The van der Waals surface area contributed by atoms with Crippen molar-refractivity contribution in [2.75, 3.05) is 0 Å². The molecule has 4 aromatic carbocycles. The molecule has 0 amide bonds. The van der Waals surface area contributed by atoms with Crippen LogP contribution >= 0.6 is 15.9 Å². The van der Waals surface area contributed by atoms with Crippen molar-refractivity contribution in [1.82, 2.24) is 4.57 Å². The number of benzene rings is 4. The Hall–Kier alpha value is -3.35. The van der Waals surface area contributed by atoms with Crippen molar-refractivity contribution >= 4 is 43.4 Å². The number of para-hydroxylation sites is 2. The van der Waals surface area contributed by atoms with Crippen molar-refractivity contribution < 1.29 is 0 Å². The van der Waals surface area contributed by atoms with E-state index in [0.29, 0.717) is 5.69 Å². The van der Waals surface area contributed by atoms with Gasteiger partial charge in [-0.05, 0) is 53.6 Å². The average molecular weight is 423 g/mol. The Balaban J connectivity index is 1.77. The minimum Gasteiger partial charge on any atom is -0.309 e. The molecule has 0 fully saturated rings. The molecule has 0 aliphatic carbocycles. The highest BCUT2D eigenvalue weighted by Crippen LogP contribution is 2.34. The van der Waals surface area contributed by atoms with Gasteiger partial charge in [0.2, 0.25) is 0 Å². The molecule has 0 aliphatic heterocycles. The minimum atomic E-state index is 0.631. The lowest BCUT2D eigenvalue weighted by Gasteiger charge is -2.11. The monoisotopic (exact) mass is 422 g/mol. The molecule has 0 radical (unpaired) electrons. The molecule has 0 bridgehead atoms. The van der Waals surface area contributed by atoms with E-state index >= 15 is 0 Å². The van der Waals surface area contributed by atoms with Gasteiger partial charge in [0.25, 0.3) is 0 Å². The predicted octanol–water partition coefficient (Wildman–Crippen LogP) is 7.76. The van der Waals surface area contributed by atoms with Crippen LogP contribution in [0.4, 0.5) is 5.69 Å². The van der Waals surface area contributed by atoms with Gasteiger partial charge in [-0.3, -0.25) is 0 Å². The Bertz CT molecular complexity index is 1340. The highest BCUT2D eigenvalue weighted by molar-refractivity contribution is 9.10. The van der Waals surface area contributed by atoms with Gasteiger partial charge in [-0.25, -0.2) is 4.85 Å². The summed E-state index contributed by atoms with van der Waals surface area (Å²) < 4.78 is 3.22. The van der Waals surface area contributed by atoms with Crippen LogP contribution in [-0.2, 0) is 0 Å². The van der Waals surface area contributed by atoms with Crippen LogP contribution in [-0.4, -0.2) is 4.57 Å². The van der Waals surface area contributed by atoms with Gasteiger partial charge in [0.05, 0.1) is 17.6 Å². The summed E-state index contributed by atoms with van der Waals surface area (Å²) >= 11 is 3.52. The average Bonchev–Trinajstić information content (AvgIpc) is 3.08. The maximum atomic E-state index is 7.34. The third-order valence-electron chi connectivity index (χ3n) is 5.03. The van der Waals surface area contributed by atoms with Crippen LogP contribution < -0.4 is 0 Å². The molecule has 0 aliphatic rings. The standard InChI is InChI=1S/C25H15BrN2/c1-27-20-14-18(13-19(26)16-20)17-7-6-8-21(15-17)28-24-11-4-2-9-22(24)23-10-3-5-12-25(23)28/h2-16H. The van der Waals surface area contributed by atoms with Crippen molar-refractivity contribution in [3.8, 4) is 16.8 Å². The number of hydrogen-bond acceptors (Lipinski definition) is 0. The summed E-state index contributed by atoms with van der Waals surface area (Å²) in [5.41, 5.74) is 6.24. The molecule has 3 heteroatoms. The molecule has 0 atom stereocenters. The third-order valence-corrected chi connectivity index (χ3v) is 5.49. The van der Waals surface area contributed by atoms with E-state index in [1.807, 2.05) is 12.1 Å². The summed E-state index contributed by atoms with van der Waals surface area (Å²) in [5, 5.41) is 2.50. The molecule has 0 N–H and O–H groups in total. The van der Waals surface area contributed by atoms with E-state index in [1.54, 1.807) is 0 Å². The SMILES string of the molecule is [C-]#[N+]c1cc(Br)cc(-c2cccc(-n3c4ccccc4c4ccccc43)c2)c1. The maximum absolute atomic E-state index is 7.34. The summed E-state index contributed by atoms with van der Waals surface area (Å²) in [7, 11) is 0. The summed E-state index contributed by atoms with van der Waals surface area (Å²) in [4.78, 5) is 3.59. The molecule has 5 aromatic rings. The molecule has 5 rings (SSSR count). The van der Waals surface area contributed by atoms with E-state index in [4.69, 9.17) is 6.57 Å². The Morgan fingerprint density at radius 2 is 1.36 bits per heavy atom. The first-order valence-corrected chi connectivity index (χ1v) is 9.81. The molecule has 0 saturated carbocycles. The summed E-state index contributed by atoms with van der Waals surface area (Å²) in [6, 6.07) is 31.3. The molecule has 28 heavy (non-hydrogen) atoms. The highest BCUT2D eigenvalue weighted by atomic mass is 79.9. The van der Waals surface area contributed by atoms with Crippen LogP contribution in [0.5, 0.6) is 0 Å². The Labute approximate surface area is 171 Å². The second-order valence-corrected chi connectivity index (χ2v) is 7.65. The van der Waals surface area contributed by atoms with Gasteiger partial charge in [-0.2, -0.15) is 0 Å². The molecule has 1 heterocycles. The number of halogens is 1. The van der Waals surface area contributed by atoms with E-state index in [2.05, 4.69) is 104 Å². The topological polar surface area (TPSA) is 9.29 Å². The fraction of sp³-hybridized carbons (Fsp3) is 0. The van der Waals surface area contributed by atoms with E-state index in [0.717, 1.165) is 21.3 Å². The van der Waals surface area contributed by atoms with Crippen LogP contribution in [0.15, 0.2) is 95.5 Å². The van der Waals surface area contributed by atoms with Crippen molar-refractivity contribution in [2.45, 2.75) is 0 Å². The largest absolute Gasteiger partial charge is 0.309 e. The van der Waals surface area contributed by atoms with Crippen LogP contribution in [0, 0.1) is 6.57 Å². The molecule has 0 spiro atoms. The smallest absolute Gasteiger partial charge is 0.188 e. The van der Waals surface area contributed by atoms with E-state index in [9.17, 15) is 0 Å². The van der Waals surface area contributed by atoms with Gasteiger partial charge >= 0.3 is 0 Å². The molecule has 2 nitrogen and oxygen atoms in total. The van der Waals surface area contributed by atoms with Crippen LogP contribution in [0.1, 0.15) is 0 Å². The predicted molar refractivity (Wildman–Crippen MR) is 120 cm³/mol. The molecule has 0 saturated heterocycles. The molecular formula is C25H15BrN2. The fourth-order valence-corrected chi connectivity index (χ4v) is 4.31. The zero-order valence-electron chi connectivity index (χ0n) is 14.9. The highest BCUT2D eigenvalue weighted by Gasteiger charge is 2.12. The first-order chi connectivity index (χ1) is 13.7. The lowest BCUT2D eigenvalue weighted by molar-refractivity contribution is 1.18. The van der Waals surface area contributed by atoms with Crippen molar-refractivity contribution in [3.05, 3.63) is 107 Å². The van der Waals surface area contributed by atoms with Gasteiger partial charge in [-0.15, -0.1) is 0 Å². The number of rotatable bonds is 2. The van der Waals surface area contributed by atoms with Crippen molar-refractivity contribution in [2.24, 2.45) is 0 Å². The second-order valence-electron chi connectivity index (χ2n) is 6.73. The van der Waals surface area contributed by atoms with Gasteiger partial charge < -0.3 is 4.57 Å². The Kier molecular flexibility index (Phi) is 4.00. The Morgan fingerprint density at radius 1 is 0.679 bits per heavy atom. The number of aromatic nitrogens is 1. The van der Waals surface area contributed by atoms with Gasteiger partial charge in [0.15, 0.2) is 5.69 Å². The number of fused-ring (bicyclic) bond motifs is 3. The molecule has 1 aromatic heterocycles. The second kappa shape index (κ2) is 6.67. The Morgan fingerprint density at radius 3 is 2.04 bits per heavy atom. The number of nitrogens with zero attached hydrogens (tertiary/aromatic N) is 2.